The van der Waals surface area contributed by atoms with Gasteiger partial charge in [-0.3, -0.25) is 4.79 Å². The Morgan fingerprint density at radius 2 is 2.31 bits per heavy atom. The molecule has 0 spiro atoms. The van der Waals surface area contributed by atoms with Gasteiger partial charge in [-0.15, -0.1) is 0 Å². The van der Waals surface area contributed by atoms with Crippen LogP contribution in [-0.4, -0.2) is 17.2 Å². The molecule has 0 saturated heterocycles. The van der Waals surface area contributed by atoms with Crippen LogP contribution in [0.5, 0.6) is 5.75 Å². The summed E-state index contributed by atoms with van der Waals surface area (Å²) >= 11 is 5.70. The first-order valence-electron chi connectivity index (χ1n) is 4.86. The van der Waals surface area contributed by atoms with Gasteiger partial charge in [-0.05, 0) is 31.0 Å². The van der Waals surface area contributed by atoms with E-state index in [4.69, 9.17) is 21.4 Å². The third-order valence-corrected chi connectivity index (χ3v) is 2.93. The van der Waals surface area contributed by atoms with Crippen LogP contribution in [0.4, 0.5) is 4.39 Å². The van der Waals surface area contributed by atoms with Gasteiger partial charge in [-0.25, -0.2) is 4.39 Å². The summed E-state index contributed by atoms with van der Waals surface area (Å²) in [6.45, 7) is 1.62. The molecule has 0 aromatic heterocycles. The van der Waals surface area contributed by atoms with E-state index in [1.165, 1.54) is 0 Å². The summed E-state index contributed by atoms with van der Waals surface area (Å²) < 4.78 is 18.8. The van der Waals surface area contributed by atoms with E-state index < -0.39 is 23.8 Å². The zero-order valence-electron chi connectivity index (χ0n) is 8.54. The lowest BCUT2D eigenvalue weighted by atomic mass is 9.91. The Morgan fingerprint density at radius 1 is 1.62 bits per heavy atom. The molecule has 0 aliphatic carbocycles. The normalized spacial score (nSPS) is 23.4. The molecule has 1 aromatic carbocycles. The highest BCUT2D eigenvalue weighted by molar-refractivity contribution is 6.30. The fourth-order valence-corrected chi connectivity index (χ4v) is 2.08. The van der Waals surface area contributed by atoms with Crippen LogP contribution in [-0.2, 0) is 11.2 Å². The first-order valence-corrected chi connectivity index (χ1v) is 5.24. The van der Waals surface area contributed by atoms with Gasteiger partial charge in [0.2, 0.25) is 0 Å². The molecular formula is C11H10ClFO3. The van der Waals surface area contributed by atoms with Crippen LogP contribution < -0.4 is 4.74 Å². The molecule has 0 saturated carbocycles. The molecule has 1 aromatic rings. The highest BCUT2D eigenvalue weighted by atomic mass is 35.5. The zero-order valence-corrected chi connectivity index (χ0v) is 9.29. The lowest BCUT2D eigenvalue weighted by Gasteiger charge is -2.29. The molecular weight excluding hydrogens is 235 g/mol. The molecule has 3 nitrogen and oxygen atoms in total. The van der Waals surface area contributed by atoms with Gasteiger partial charge in [-0.2, -0.15) is 0 Å². The van der Waals surface area contributed by atoms with Crippen LogP contribution in [0.1, 0.15) is 12.5 Å². The summed E-state index contributed by atoms with van der Waals surface area (Å²) in [6.07, 6.45) is -0.302. The van der Waals surface area contributed by atoms with Crippen molar-refractivity contribution in [2.24, 2.45) is 5.92 Å². The molecule has 0 bridgehead atoms. The number of fused-ring (bicyclic) bond motifs is 1. The molecule has 86 valence electrons. The van der Waals surface area contributed by atoms with Gasteiger partial charge in [0.25, 0.3) is 0 Å². The number of ether oxygens (including phenoxy) is 1. The number of hydrogen-bond donors (Lipinski definition) is 1. The monoisotopic (exact) mass is 244 g/mol. The summed E-state index contributed by atoms with van der Waals surface area (Å²) in [4.78, 5) is 10.9. The topological polar surface area (TPSA) is 46.5 Å². The van der Waals surface area contributed by atoms with E-state index in [1.807, 2.05) is 0 Å². The smallest absolute Gasteiger partial charge is 0.310 e. The molecule has 16 heavy (non-hydrogen) atoms. The number of carboxylic acid groups (broad SMARTS) is 1. The Kier molecular flexibility index (Phi) is 2.76. The Morgan fingerprint density at radius 3 is 2.94 bits per heavy atom. The van der Waals surface area contributed by atoms with E-state index in [1.54, 1.807) is 13.0 Å². The number of halogens is 2. The van der Waals surface area contributed by atoms with Crippen molar-refractivity contribution < 1.29 is 19.0 Å². The summed E-state index contributed by atoms with van der Waals surface area (Å²) in [7, 11) is 0. The molecule has 5 heteroatoms. The van der Waals surface area contributed by atoms with Crippen molar-refractivity contribution >= 4 is 17.6 Å². The first-order chi connectivity index (χ1) is 7.49. The molecule has 2 atom stereocenters. The van der Waals surface area contributed by atoms with Crippen molar-refractivity contribution in [2.45, 2.75) is 19.4 Å². The average molecular weight is 245 g/mol. The molecule has 1 N–H and O–H groups in total. The molecule has 1 aliphatic rings. The Balaban J connectivity index is 2.43. The van der Waals surface area contributed by atoms with E-state index in [-0.39, 0.29) is 17.2 Å². The van der Waals surface area contributed by atoms with Crippen molar-refractivity contribution in [2.75, 3.05) is 0 Å². The largest absolute Gasteiger partial charge is 0.486 e. The summed E-state index contributed by atoms with van der Waals surface area (Å²) in [5.74, 6) is -2.03. The predicted molar refractivity (Wildman–Crippen MR) is 56.3 cm³/mol. The second kappa shape index (κ2) is 3.94. The summed E-state index contributed by atoms with van der Waals surface area (Å²) in [5, 5.41) is 9.21. The van der Waals surface area contributed by atoms with E-state index in [2.05, 4.69) is 0 Å². The Hall–Kier alpha value is -1.29. The SMILES string of the molecule is CC1Oc2c(F)cc(Cl)cc2CC1C(=O)O. The second-order valence-electron chi connectivity index (χ2n) is 3.85. The zero-order chi connectivity index (χ0) is 11.9. The molecule has 2 unspecified atom stereocenters. The highest BCUT2D eigenvalue weighted by Gasteiger charge is 2.33. The lowest BCUT2D eigenvalue weighted by Crippen LogP contribution is -2.36. The van der Waals surface area contributed by atoms with E-state index >= 15 is 0 Å². The minimum atomic E-state index is -0.946. The number of carboxylic acids is 1. The third-order valence-electron chi connectivity index (χ3n) is 2.71. The van der Waals surface area contributed by atoms with Gasteiger partial charge in [0, 0.05) is 5.02 Å². The quantitative estimate of drug-likeness (QED) is 0.826. The van der Waals surface area contributed by atoms with Crippen molar-refractivity contribution in [3.8, 4) is 5.75 Å². The van der Waals surface area contributed by atoms with Crippen LogP contribution in [0.25, 0.3) is 0 Å². The van der Waals surface area contributed by atoms with Gasteiger partial charge in [-0.1, -0.05) is 11.6 Å². The highest BCUT2D eigenvalue weighted by Crippen LogP contribution is 2.35. The average Bonchev–Trinajstić information content (AvgIpc) is 2.18. The minimum Gasteiger partial charge on any atom is -0.486 e. The van der Waals surface area contributed by atoms with Crippen LogP contribution in [0.2, 0.25) is 5.02 Å². The molecule has 2 rings (SSSR count). The number of hydrogen-bond acceptors (Lipinski definition) is 2. The minimum absolute atomic E-state index is 0.120. The molecule has 0 fully saturated rings. The van der Waals surface area contributed by atoms with E-state index in [9.17, 15) is 9.18 Å². The lowest BCUT2D eigenvalue weighted by molar-refractivity contribution is -0.145. The number of carbonyl (C=O) groups is 1. The van der Waals surface area contributed by atoms with E-state index in [0.717, 1.165) is 6.07 Å². The van der Waals surface area contributed by atoms with Gasteiger partial charge >= 0.3 is 5.97 Å². The number of rotatable bonds is 1. The molecule has 0 amide bonds. The van der Waals surface area contributed by atoms with Gasteiger partial charge in [0.15, 0.2) is 11.6 Å². The van der Waals surface area contributed by atoms with Gasteiger partial charge < -0.3 is 9.84 Å². The van der Waals surface area contributed by atoms with Crippen LogP contribution in [0.15, 0.2) is 12.1 Å². The van der Waals surface area contributed by atoms with Crippen LogP contribution in [0, 0.1) is 11.7 Å². The maximum absolute atomic E-state index is 13.5. The fourth-order valence-electron chi connectivity index (χ4n) is 1.86. The maximum Gasteiger partial charge on any atom is 0.310 e. The van der Waals surface area contributed by atoms with Crippen molar-refractivity contribution in [1.29, 1.82) is 0 Å². The third kappa shape index (κ3) is 1.85. The van der Waals surface area contributed by atoms with Crippen molar-refractivity contribution in [1.82, 2.24) is 0 Å². The molecule has 1 heterocycles. The Bertz CT molecular complexity index is 447. The predicted octanol–water partition coefficient (Wildman–Crippen LogP) is 2.50. The van der Waals surface area contributed by atoms with Crippen molar-refractivity contribution in [3.05, 3.63) is 28.5 Å². The van der Waals surface area contributed by atoms with Crippen LogP contribution in [0.3, 0.4) is 0 Å². The van der Waals surface area contributed by atoms with Gasteiger partial charge in [0.05, 0.1) is 5.92 Å². The fraction of sp³-hybridized carbons (Fsp3) is 0.364. The molecule has 0 radical (unpaired) electrons. The van der Waals surface area contributed by atoms with Crippen LogP contribution >= 0.6 is 11.6 Å². The second-order valence-corrected chi connectivity index (χ2v) is 4.28. The van der Waals surface area contributed by atoms with E-state index in [0.29, 0.717) is 5.56 Å². The van der Waals surface area contributed by atoms with Gasteiger partial charge in [0.1, 0.15) is 6.10 Å². The number of aliphatic carboxylic acids is 1. The Labute approximate surface area is 96.8 Å². The van der Waals surface area contributed by atoms with Crippen molar-refractivity contribution in [3.63, 3.8) is 0 Å². The number of benzene rings is 1. The summed E-state index contributed by atoms with van der Waals surface area (Å²) in [5.41, 5.74) is 0.510. The molecule has 1 aliphatic heterocycles. The standard InChI is InChI=1S/C11H10ClFO3/c1-5-8(11(14)15)3-6-2-7(12)4-9(13)10(6)16-5/h2,4-5,8H,3H2,1H3,(H,14,15). The summed E-state index contributed by atoms with van der Waals surface area (Å²) in [6, 6.07) is 2.70. The maximum atomic E-state index is 13.5. The first kappa shape index (κ1) is 11.2.